The molecule has 2 nitrogen and oxygen atoms in total. The van der Waals surface area contributed by atoms with Gasteiger partial charge in [0.25, 0.3) is 0 Å². The van der Waals surface area contributed by atoms with Crippen LogP contribution in [0.1, 0.15) is 42.9 Å². The molecule has 1 N–H and O–H groups in total. The van der Waals surface area contributed by atoms with Gasteiger partial charge < -0.3 is 5.11 Å². The van der Waals surface area contributed by atoms with Gasteiger partial charge in [-0.15, -0.1) is 0 Å². The molecule has 0 spiro atoms. The predicted molar refractivity (Wildman–Crippen MR) is 74.1 cm³/mol. The molecular formula is C16H20F3NO. The van der Waals surface area contributed by atoms with Crippen molar-refractivity contribution in [3.63, 3.8) is 0 Å². The largest absolute Gasteiger partial charge is 0.508 e. The number of phenols is 1. The van der Waals surface area contributed by atoms with E-state index in [0.717, 1.165) is 30.4 Å². The van der Waals surface area contributed by atoms with Crippen molar-refractivity contribution in [2.45, 2.75) is 44.3 Å². The lowest BCUT2D eigenvalue weighted by Gasteiger charge is -2.41. The Kier molecular flexibility index (Phi) is 3.86. The smallest absolute Gasteiger partial charge is 0.393 e. The summed E-state index contributed by atoms with van der Waals surface area (Å²) in [6, 6.07) is 5.43. The Hall–Kier alpha value is -1.23. The summed E-state index contributed by atoms with van der Waals surface area (Å²) in [5.74, 6) is -0.935. The van der Waals surface area contributed by atoms with Crippen molar-refractivity contribution in [2.75, 3.05) is 13.1 Å². The number of benzene rings is 1. The number of piperidine rings is 1. The van der Waals surface area contributed by atoms with Crippen molar-refractivity contribution in [3.05, 3.63) is 29.3 Å². The molecule has 0 radical (unpaired) electrons. The third-order valence-corrected chi connectivity index (χ3v) is 4.81. The summed E-state index contributed by atoms with van der Waals surface area (Å²) in [5, 5.41) is 9.96. The minimum Gasteiger partial charge on any atom is -0.508 e. The molecular weight excluding hydrogens is 279 g/mol. The molecule has 2 unspecified atom stereocenters. The van der Waals surface area contributed by atoms with Crippen LogP contribution in [0.25, 0.3) is 0 Å². The zero-order valence-corrected chi connectivity index (χ0v) is 11.9. The van der Waals surface area contributed by atoms with Crippen LogP contribution in [0.5, 0.6) is 5.75 Å². The fourth-order valence-corrected chi connectivity index (χ4v) is 3.74. The van der Waals surface area contributed by atoms with Gasteiger partial charge in [-0.05, 0) is 55.8 Å². The summed E-state index contributed by atoms with van der Waals surface area (Å²) in [7, 11) is 0. The lowest BCUT2D eigenvalue weighted by molar-refractivity contribution is -0.189. The first-order valence-corrected chi connectivity index (χ1v) is 7.58. The molecule has 0 bridgehead atoms. The van der Waals surface area contributed by atoms with E-state index < -0.39 is 12.1 Å². The standard InChI is InChI=1S/C16H20F3NO/c17-16(18,19)11-4-3-9-20(10-11)14-7-1-6-13-12(14)5-2-8-15(13)21/h2,5,8,11,14,21H,1,3-4,6-7,9-10H2. The van der Waals surface area contributed by atoms with Crippen LogP contribution in [0, 0.1) is 5.92 Å². The second-order valence-corrected chi connectivity index (χ2v) is 6.13. The third kappa shape index (κ3) is 2.89. The number of likely N-dealkylation sites (tertiary alicyclic amines) is 1. The number of alkyl halides is 3. The molecule has 0 saturated carbocycles. The summed E-state index contributed by atoms with van der Waals surface area (Å²) in [4.78, 5) is 1.97. The van der Waals surface area contributed by atoms with Crippen molar-refractivity contribution >= 4 is 0 Å². The molecule has 116 valence electrons. The molecule has 1 aromatic rings. The predicted octanol–water partition coefficient (Wildman–Crippen LogP) is 4.04. The molecule has 3 rings (SSSR count). The van der Waals surface area contributed by atoms with E-state index in [2.05, 4.69) is 0 Å². The normalized spacial score (nSPS) is 27.4. The van der Waals surface area contributed by atoms with Crippen LogP contribution in [-0.4, -0.2) is 29.3 Å². The van der Waals surface area contributed by atoms with Gasteiger partial charge >= 0.3 is 6.18 Å². The van der Waals surface area contributed by atoms with Crippen molar-refractivity contribution in [3.8, 4) is 5.75 Å². The molecule has 1 aromatic carbocycles. The number of halogens is 3. The molecule has 2 atom stereocenters. The Balaban J connectivity index is 1.84. The van der Waals surface area contributed by atoms with Crippen LogP contribution in [0.2, 0.25) is 0 Å². The third-order valence-electron chi connectivity index (χ3n) is 4.81. The topological polar surface area (TPSA) is 23.5 Å². The number of aromatic hydroxyl groups is 1. The second kappa shape index (κ2) is 5.52. The van der Waals surface area contributed by atoms with Crippen molar-refractivity contribution in [2.24, 2.45) is 5.92 Å². The summed E-state index contributed by atoms with van der Waals surface area (Å²) in [5.41, 5.74) is 1.94. The highest BCUT2D eigenvalue weighted by atomic mass is 19.4. The summed E-state index contributed by atoms with van der Waals surface area (Å²) < 4.78 is 38.9. The van der Waals surface area contributed by atoms with Gasteiger partial charge in [0.2, 0.25) is 0 Å². The zero-order valence-electron chi connectivity index (χ0n) is 11.9. The number of hydrogen-bond acceptors (Lipinski definition) is 2. The van der Waals surface area contributed by atoms with E-state index in [1.54, 1.807) is 12.1 Å². The molecule has 1 aliphatic heterocycles. The van der Waals surface area contributed by atoms with Crippen molar-refractivity contribution < 1.29 is 18.3 Å². The van der Waals surface area contributed by atoms with Crippen LogP contribution in [0.3, 0.4) is 0 Å². The van der Waals surface area contributed by atoms with E-state index >= 15 is 0 Å². The van der Waals surface area contributed by atoms with Gasteiger partial charge in [0.15, 0.2) is 0 Å². The molecule has 1 fully saturated rings. The van der Waals surface area contributed by atoms with Gasteiger partial charge in [0.1, 0.15) is 5.75 Å². The minimum atomic E-state index is -4.10. The van der Waals surface area contributed by atoms with E-state index in [-0.39, 0.29) is 24.8 Å². The Morgan fingerprint density at radius 3 is 2.71 bits per heavy atom. The molecule has 2 aliphatic rings. The van der Waals surface area contributed by atoms with Crippen LogP contribution in [-0.2, 0) is 6.42 Å². The van der Waals surface area contributed by atoms with Crippen molar-refractivity contribution in [1.29, 1.82) is 0 Å². The highest BCUT2D eigenvalue weighted by Crippen LogP contribution is 2.41. The average molecular weight is 299 g/mol. The van der Waals surface area contributed by atoms with Crippen molar-refractivity contribution in [1.82, 2.24) is 4.90 Å². The SMILES string of the molecule is Oc1cccc2c1CCCC2N1CCCC(C(F)(F)F)C1. The monoisotopic (exact) mass is 299 g/mol. The number of nitrogens with zero attached hydrogens (tertiary/aromatic N) is 1. The van der Waals surface area contributed by atoms with E-state index in [1.807, 2.05) is 11.0 Å². The molecule has 0 amide bonds. The second-order valence-electron chi connectivity index (χ2n) is 6.13. The van der Waals surface area contributed by atoms with Crippen LogP contribution >= 0.6 is 0 Å². The van der Waals surface area contributed by atoms with Crippen LogP contribution in [0.4, 0.5) is 13.2 Å². The maximum Gasteiger partial charge on any atom is 0.393 e. The van der Waals surface area contributed by atoms with Gasteiger partial charge in [0.05, 0.1) is 5.92 Å². The van der Waals surface area contributed by atoms with Gasteiger partial charge in [-0.2, -0.15) is 13.2 Å². The summed E-state index contributed by atoms with van der Waals surface area (Å²) in [6.45, 7) is 0.801. The fourth-order valence-electron chi connectivity index (χ4n) is 3.74. The maximum absolute atomic E-state index is 13.0. The quantitative estimate of drug-likeness (QED) is 0.846. The van der Waals surface area contributed by atoms with Gasteiger partial charge in [-0.3, -0.25) is 4.90 Å². The number of phenolic OH excluding ortho intramolecular Hbond substituents is 1. The lowest BCUT2D eigenvalue weighted by atomic mass is 9.84. The van der Waals surface area contributed by atoms with Gasteiger partial charge in [-0.1, -0.05) is 12.1 Å². The maximum atomic E-state index is 13.0. The van der Waals surface area contributed by atoms with E-state index in [9.17, 15) is 18.3 Å². The molecule has 21 heavy (non-hydrogen) atoms. The summed E-state index contributed by atoms with van der Waals surface area (Å²) in [6.07, 6.45) is -0.665. The lowest BCUT2D eigenvalue weighted by Crippen LogP contribution is -2.44. The highest BCUT2D eigenvalue weighted by molar-refractivity contribution is 5.42. The number of rotatable bonds is 1. The molecule has 1 saturated heterocycles. The Morgan fingerprint density at radius 2 is 1.95 bits per heavy atom. The molecule has 0 aromatic heterocycles. The Bertz CT molecular complexity index is 515. The van der Waals surface area contributed by atoms with E-state index in [1.165, 1.54) is 0 Å². The number of fused-ring (bicyclic) bond motifs is 1. The Labute approximate surface area is 122 Å². The highest BCUT2D eigenvalue weighted by Gasteiger charge is 2.43. The van der Waals surface area contributed by atoms with Crippen LogP contribution < -0.4 is 0 Å². The summed E-state index contributed by atoms with van der Waals surface area (Å²) >= 11 is 0. The number of hydrogen-bond donors (Lipinski definition) is 1. The van der Waals surface area contributed by atoms with Crippen LogP contribution in [0.15, 0.2) is 18.2 Å². The minimum absolute atomic E-state index is 0.0194. The molecule has 5 heteroatoms. The average Bonchev–Trinajstić information content (AvgIpc) is 2.46. The first-order chi connectivity index (χ1) is 9.97. The molecule has 1 aliphatic carbocycles. The van der Waals surface area contributed by atoms with E-state index in [0.29, 0.717) is 13.0 Å². The Morgan fingerprint density at radius 1 is 1.14 bits per heavy atom. The van der Waals surface area contributed by atoms with Gasteiger partial charge in [-0.25, -0.2) is 0 Å². The van der Waals surface area contributed by atoms with E-state index in [4.69, 9.17) is 0 Å². The first-order valence-electron chi connectivity index (χ1n) is 7.58. The zero-order chi connectivity index (χ0) is 15.0. The molecule has 1 heterocycles. The van der Waals surface area contributed by atoms with Gasteiger partial charge in [0, 0.05) is 12.6 Å². The first kappa shape index (κ1) is 14.7. The fraction of sp³-hybridized carbons (Fsp3) is 0.625.